The van der Waals surface area contributed by atoms with Crippen LogP contribution >= 0.6 is 0 Å². The topological polar surface area (TPSA) is 69.6 Å². The molecule has 110 valence electrons. The van der Waals surface area contributed by atoms with Crippen LogP contribution in [0.25, 0.3) is 0 Å². The molecule has 0 radical (unpaired) electrons. The average molecular weight is 286 g/mol. The van der Waals surface area contributed by atoms with Crippen LogP contribution in [0, 0.1) is 11.6 Å². The van der Waals surface area contributed by atoms with Crippen LogP contribution < -0.4 is 5.32 Å². The number of halogens is 2. The van der Waals surface area contributed by atoms with Crippen molar-refractivity contribution in [2.75, 3.05) is 18.9 Å². The monoisotopic (exact) mass is 286 g/mol. The van der Waals surface area contributed by atoms with Crippen molar-refractivity contribution >= 4 is 17.6 Å². The number of hydrogen-bond acceptors (Lipinski definition) is 3. The number of carboxylic acid groups (broad SMARTS) is 1. The van der Waals surface area contributed by atoms with Crippen LogP contribution in [-0.4, -0.2) is 41.0 Å². The fourth-order valence-electron chi connectivity index (χ4n) is 1.37. The highest BCUT2D eigenvalue weighted by atomic mass is 19.1. The van der Waals surface area contributed by atoms with Crippen molar-refractivity contribution in [2.24, 2.45) is 0 Å². The summed E-state index contributed by atoms with van der Waals surface area (Å²) in [7, 11) is 1.44. The van der Waals surface area contributed by atoms with Crippen molar-refractivity contribution in [1.82, 2.24) is 4.90 Å². The van der Waals surface area contributed by atoms with E-state index in [2.05, 4.69) is 5.32 Å². The number of hydrogen-bond donors (Lipinski definition) is 2. The Balaban J connectivity index is 2.76. The molecule has 0 aliphatic carbocycles. The molecule has 0 fully saturated rings. The number of anilines is 1. The Hall–Kier alpha value is -2.02. The van der Waals surface area contributed by atoms with Gasteiger partial charge in [0.05, 0.1) is 6.54 Å². The number of nitrogens with one attached hydrogen (secondary N) is 1. The largest absolute Gasteiger partial charge is 0.480 e. The Morgan fingerprint density at radius 1 is 1.30 bits per heavy atom. The van der Waals surface area contributed by atoms with E-state index in [0.29, 0.717) is 0 Å². The highest BCUT2D eigenvalue weighted by molar-refractivity contribution is 5.93. The number of aliphatic carboxylic acids is 1. The zero-order valence-electron chi connectivity index (χ0n) is 11.4. The fourth-order valence-corrected chi connectivity index (χ4v) is 1.37. The quantitative estimate of drug-likeness (QED) is 0.864. The Morgan fingerprint density at radius 2 is 1.80 bits per heavy atom. The van der Waals surface area contributed by atoms with E-state index >= 15 is 0 Å². The van der Waals surface area contributed by atoms with Gasteiger partial charge in [0.15, 0.2) is 0 Å². The summed E-state index contributed by atoms with van der Waals surface area (Å²) < 4.78 is 26.7. The number of carbonyl (C=O) groups is 2. The summed E-state index contributed by atoms with van der Waals surface area (Å²) in [6.07, 6.45) is 0. The molecule has 0 saturated heterocycles. The van der Waals surface area contributed by atoms with Crippen molar-refractivity contribution in [3.8, 4) is 0 Å². The zero-order chi connectivity index (χ0) is 15.5. The summed E-state index contributed by atoms with van der Waals surface area (Å²) >= 11 is 0. The van der Waals surface area contributed by atoms with Crippen LogP contribution in [0.4, 0.5) is 14.5 Å². The Morgan fingerprint density at radius 3 is 2.25 bits per heavy atom. The van der Waals surface area contributed by atoms with Gasteiger partial charge in [-0.05, 0) is 33.0 Å². The summed E-state index contributed by atoms with van der Waals surface area (Å²) in [5, 5.41) is 11.1. The van der Waals surface area contributed by atoms with E-state index in [1.165, 1.54) is 31.9 Å². The molecule has 2 N–H and O–H groups in total. The number of nitrogens with zero attached hydrogens (tertiary/aromatic N) is 1. The van der Waals surface area contributed by atoms with Gasteiger partial charge in [0, 0.05) is 0 Å². The number of rotatable bonds is 5. The lowest BCUT2D eigenvalue weighted by Crippen LogP contribution is -2.50. The van der Waals surface area contributed by atoms with Gasteiger partial charge in [-0.1, -0.05) is 6.07 Å². The minimum Gasteiger partial charge on any atom is -0.480 e. The molecule has 5 nitrogen and oxygen atoms in total. The van der Waals surface area contributed by atoms with E-state index in [-0.39, 0.29) is 6.54 Å². The molecule has 1 amide bonds. The molecule has 0 atom stereocenters. The fraction of sp³-hybridized carbons (Fsp3) is 0.385. The van der Waals surface area contributed by atoms with Crippen molar-refractivity contribution < 1.29 is 23.5 Å². The van der Waals surface area contributed by atoms with Crippen LogP contribution in [0.15, 0.2) is 18.2 Å². The predicted molar refractivity (Wildman–Crippen MR) is 69.3 cm³/mol. The molecule has 1 rings (SSSR count). The summed E-state index contributed by atoms with van der Waals surface area (Å²) in [4.78, 5) is 24.0. The van der Waals surface area contributed by atoms with E-state index < -0.39 is 34.7 Å². The smallest absolute Gasteiger partial charge is 0.323 e. The van der Waals surface area contributed by atoms with E-state index in [1.807, 2.05) is 0 Å². The molecule has 0 spiro atoms. The van der Waals surface area contributed by atoms with Gasteiger partial charge in [0.25, 0.3) is 0 Å². The van der Waals surface area contributed by atoms with E-state index in [1.54, 1.807) is 0 Å². The van der Waals surface area contributed by atoms with Crippen molar-refractivity contribution in [2.45, 2.75) is 19.4 Å². The molecule has 1 aromatic rings. The van der Waals surface area contributed by atoms with E-state index in [4.69, 9.17) is 5.11 Å². The first kappa shape index (κ1) is 16.0. The lowest BCUT2D eigenvalue weighted by atomic mass is 10.0. The third kappa shape index (κ3) is 3.51. The maximum Gasteiger partial charge on any atom is 0.323 e. The molecule has 1 aromatic carbocycles. The lowest BCUT2D eigenvalue weighted by Gasteiger charge is -2.30. The first-order valence-corrected chi connectivity index (χ1v) is 5.84. The minimum absolute atomic E-state index is 0.312. The second-order valence-electron chi connectivity index (χ2n) is 4.87. The lowest BCUT2D eigenvalue weighted by molar-refractivity contribution is -0.148. The van der Waals surface area contributed by atoms with Crippen LogP contribution in [0.5, 0.6) is 0 Å². The van der Waals surface area contributed by atoms with Crippen molar-refractivity contribution in [3.63, 3.8) is 0 Å². The first-order chi connectivity index (χ1) is 9.16. The number of likely N-dealkylation sites (N-methyl/N-ethyl adjacent to an activating group) is 1. The molecule has 0 aliphatic rings. The standard InChI is InChI=1S/C13H16F2N2O3/c1-13(2,12(19)20)17(3)7-10(18)16-11-8(14)5-4-6-9(11)15/h4-6H,7H2,1-3H3,(H,16,18)(H,19,20). The molecule has 0 saturated carbocycles. The number of carboxylic acids is 1. The van der Waals surface area contributed by atoms with Crippen molar-refractivity contribution in [3.05, 3.63) is 29.8 Å². The first-order valence-electron chi connectivity index (χ1n) is 5.84. The average Bonchev–Trinajstić information content (AvgIpc) is 2.33. The van der Waals surface area contributed by atoms with Crippen LogP contribution in [-0.2, 0) is 9.59 Å². The highest BCUT2D eigenvalue weighted by Crippen LogP contribution is 2.18. The van der Waals surface area contributed by atoms with Gasteiger partial charge in [-0.25, -0.2) is 8.78 Å². The third-order valence-electron chi connectivity index (χ3n) is 3.09. The Labute approximate surface area is 115 Å². The van der Waals surface area contributed by atoms with Crippen LogP contribution in [0.1, 0.15) is 13.8 Å². The predicted octanol–water partition coefficient (Wildman–Crippen LogP) is 1.70. The van der Waals surface area contributed by atoms with Gasteiger partial charge >= 0.3 is 5.97 Å². The van der Waals surface area contributed by atoms with Crippen LogP contribution in [0.2, 0.25) is 0 Å². The Bertz CT molecular complexity index is 512. The number of amides is 1. The van der Waals surface area contributed by atoms with Gasteiger partial charge in [-0.15, -0.1) is 0 Å². The zero-order valence-corrected chi connectivity index (χ0v) is 11.4. The number of carbonyl (C=O) groups excluding carboxylic acids is 1. The number of para-hydroxylation sites is 1. The van der Waals surface area contributed by atoms with E-state index in [0.717, 1.165) is 12.1 Å². The summed E-state index contributed by atoms with van der Waals surface area (Å²) in [6, 6.07) is 3.22. The molecule has 0 bridgehead atoms. The molecule has 0 unspecified atom stereocenters. The second-order valence-corrected chi connectivity index (χ2v) is 4.87. The molecule has 0 aromatic heterocycles. The molecular formula is C13H16F2N2O3. The molecule has 20 heavy (non-hydrogen) atoms. The van der Waals surface area contributed by atoms with Gasteiger partial charge in [-0.3, -0.25) is 14.5 Å². The van der Waals surface area contributed by atoms with E-state index in [9.17, 15) is 18.4 Å². The summed E-state index contributed by atoms with van der Waals surface area (Å²) in [5.74, 6) is -3.59. The Kier molecular flexibility index (Phi) is 4.78. The van der Waals surface area contributed by atoms with Gasteiger partial charge in [0.2, 0.25) is 5.91 Å². The minimum atomic E-state index is -1.27. The van der Waals surface area contributed by atoms with Gasteiger partial charge < -0.3 is 10.4 Å². The molecule has 7 heteroatoms. The van der Waals surface area contributed by atoms with Crippen LogP contribution in [0.3, 0.4) is 0 Å². The summed E-state index contributed by atoms with van der Waals surface area (Å²) in [6.45, 7) is 2.53. The summed E-state index contributed by atoms with van der Waals surface area (Å²) in [5.41, 5.74) is -1.82. The second kappa shape index (κ2) is 5.96. The highest BCUT2D eigenvalue weighted by Gasteiger charge is 2.33. The maximum atomic E-state index is 13.3. The molecular weight excluding hydrogens is 270 g/mol. The number of benzene rings is 1. The van der Waals surface area contributed by atoms with Crippen molar-refractivity contribution in [1.29, 1.82) is 0 Å². The molecule has 0 aliphatic heterocycles. The third-order valence-corrected chi connectivity index (χ3v) is 3.09. The molecule has 0 heterocycles. The maximum absolute atomic E-state index is 13.3. The normalized spacial score (nSPS) is 11.5. The van der Waals surface area contributed by atoms with Gasteiger partial charge in [-0.2, -0.15) is 0 Å². The van der Waals surface area contributed by atoms with Gasteiger partial charge in [0.1, 0.15) is 22.9 Å². The SMILES string of the molecule is CN(CC(=O)Nc1c(F)cccc1F)C(C)(C)C(=O)O.